The van der Waals surface area contributed by atoms with Gasteiger partial charge >= 0.3 is 0 Å². The van der Waals surface area contributed by atoms with Crippen LogP contribution >= 0.6 is 34.8 Å². The second-order valence-corrected chi connectivity index (χ2v) is 6.23. The van der Waals surface area contributed by atoms with E-state index < -0.39 is 0 Å². The summed E-state index contributed by atoms with van der Waals surface area (Å²) in [6.45, 7) is 0. The Bertz CT molecular complexity index is 929. The van der Waals surface area contributed by atoms with Crippen LogP contribution in [-0.4, -0.2) is 20.6 Å². The summed E-state index contributed by atoms with van der Waals surface area (Å²) in [7, 11) is 0. The van der Waals surface area contributed by atoms with Gasteiger partial charge in [0.1, 0.15) is 4.49 Å². The Balaban J connectivity index is 2.15. The number of nitrogens with zero attached hydrogens (tertiary/aromatic N) is 4. The van der Waals surface area contributed by atoms with Gasteiger partial charge in [-0.3, -0.25) is 0 Å². The van der Waals surface area contributed by atoms with E-state index in [4.69, 9.17) is 40.5 Å². The van der Waals surface area contributed by atoms with Crippen LogP contribution in [0.2, 0.25) is 0 Å². The maximum atomic E-state index is 6.05. The molecule has 0 aliphatic heterocycles. The van der Waals surface area contributed by atoms with E-state index in [9.17, 15) is 0 Å². The molecule has 0 aliphatic rings. The molecule has 8 heteroatoms. The number of nitrogens with two attached hydrogens (primary N) is 1. The fourth-order valence-electron chi connectivity index (χ4n) is 2.15. The normalized spacial score (nSPS) is 11.4. The number of aromatic nitrogens is 3. The Morgan fingerprint density at radius 3 is 2.12 bits per heavy atom. The molecule has 0 saturated heterocycles. The molecule has 0 saturated carbocycles. The van der Waals surface area contributed by atoms with E-state index in [1.807, 2.05) is 60.7 Å². The zero-order valence-corrected chi connectivity index (χ0v) is 15.0. The molecule has 0 amide bonds. The number of rotatable bonds is 3. The van der Waals surface area contributed by atoms with Gasteiger partial charge in [0.25, 0.3) is 0 Å². The van der Waals surface area contributed by atoms with E-state index in [-0.39, 0.29) is 15.6 Å². The molecule has 3 rings (SSSR count). The van der Waals surface area contributed by atoms with Crippen LogP contribution in [0.25, 0.3) is 11.4 Å². The third kappa shape index (κ3) is 4.02. The molecule has 0 aliphatic carbocycles. The Labute approximate surface area is 159 Å². The third-order valence-corrected chi connectivity index (χ3v) is 4.08. The zero-order valence-electron chi connectivity index (χ0n) is 12.8. The van der Waals surface area contributed by atoms with Gasteiger partial charge in [-0.25, -0.2) is 4.99 Å². The van der Waals surface area contributed by atoms with Gasteiger partial charge in [0.05, 0.1) is 0 Å². The van der Waals surface area contributed by atoms with Crippen molar-refractivity contribution in [3.63, 3.8) is 0 Å². The number of hydrogen-bond acceptors (Lipinski definition) is 4. The molecule has 126 valence electrons. The lowest BCUT2D eigenvalue weighted by atomic mass is 10.2. The molecule has 3 aromatic rings. The molecule has 0 fully saturated rings. The van der Waals surface area contributed by atoms with Crippen molar-refractivity contribution in [3.05, 3.63) is 75.9 Å². The molecule has 0 bridgehead atoms. The number of hydrogen-bond donors (Lipinski definition) is 1. The first-order chi connectivity index (χ1) is 12.1. The molecule has 0 spiro atoms. The van der Waals surface area contributed by atoms with Crippen LogP contribution in [0, 0.1) is 0 Å². The average Bonchev–Trinajstić information content (AvgIpc) is 3.02. The second-order valence-electron chi connectivity index (χ2n) is 4.92. The quantitative estimate of drug-likeness (QED) is 0.400. The summed E-state index contributed by atoms with van der Waals surface area (Å²) in [6.07, 6.45) is 0. The van der Waals surface area contributed by atoms with E-state index in [0.717, 1.165) is 11.1 Å². The van der Waals surface area contributed by atoms with Gasteiger partial charge in [-0.2, -0.15) is 9.67 Å². The molecule has 2 N–H and O–H groups in total. The van der Waals surface area contributed by atoms with Crippen molar-refractivity contribution in [3.8, 4) is 11.4 Å². The zero-order chi connectivity index (χ0) is 17.8. The Morgan fingerprint density at radius 2 is 1.52 bits per heavy atom. The molecule has 0 radical (unpaired) electrons. The van der Waals surface area contributed by atoms with Gasteiger partial charge in [-0.05, 0) is 0 Å². The lowest BCUT2D eigenvalue weighted by Gasteiger charge is -2.07. The van der Waals surface area contributed by atoms with Crippen molar-refractivity contribution in [2.45, 2.75) is 0 Å². The predicted molar refractivity (Wildman–Crippen MR) is 103 cm³/mol. The highest BCUT2D eigenvalue weighted by atomic mass is 35.5. The fraction of sp³-hybridized carbons (Fsp3) is 0. The van der Waals surface area contributed by atoms with Crippen LogP contribution in [0.3, 0.4) is 0 Å². The molecular weight excluding hydrogens is 381 g/mol. The minimum absolute atomic E-state index is 0.0710. The number of benzene rings is 2. The monoisotopic (exact) mass is 391 g/mol. The number of anilines is 1. The van der Waals surface area contributed by atoms with E-state index in [1.165, 1.54) is 4.68 Å². The largest absolute Gasteiger partial charge is 0.368 e. The summed E-state index contributed by atoms with van der Waals surface area (Å²) in [4.78, 5) is 8.57. The maximum Gasteiger partial charge on any atom is 0.225 e. The van der Waals surface area contributed by atoms with E-state index in [2.05, 4.69) is 15.1 Å². The molecule has 1 heterocycles. The number of nitrogen functional groups attached to an aromatic ring is 1. The van der Waals surface area contributed by atoms with Crippen molar-refractivity contribution in [2.75, 3.05) is 5.73 Å². The predicted octanol–water partition coefficient (Wildman–Crippen LogP) is 4.67. The Morgan fingerprint density at radius 1 is 0.920 bits per heavy atom. The van der Waals surface area contributed by atoms with Crippen molar-refractivity contribution >= 4 is 46.6 Å². The van der Waals surface area contributed by atoms with Gasteiger partial charge < -0.3 is 5.73 Å². The van der Waals surface area contributed by atoms with Gasteiger partial charge in [0, 0.05) is 11.1 Å². The first kappa shape index (κ1) is 17.5. The number of aliphatic imine (C=N–C) groups is 1. The third-order valence-electron chi connectivity index (χ3n) is 3.26. The average molecular weight is 393 g/mol. The number of halogens is 3. The summed E-state index contributed by atoms with van der Waals surface area (Å²) in [5.74, 6) is 0.993. The topological polar surface area (TPSA) is 69.1 Å². The van der Waals surface area contributed by atoms with Gasteiger partial charge in [-0.1, -0.05) is 95.5 Å². The molecular formula is C17H12Cl3N5. The van der Waals surface area contributed by atoms with E-state index in [1.54, 1.807) is 0 Å². The highest BCUT2D eigenvalue weighted by Gasteiger charge is 2.16. The van der Waals surface area contributed by atoms with Crippen LogP contribution in [0.1, 0.15) is 5.56 Å². The minimum atomic E-state index is -0.155. The molecule has 0 unspecified atom stereocenters. The first-order valence-corrected chi connectivity index (χ1v) is 8.33. The fourth-order valence-corrected chi connectivity index (χ4v) is 2.31. The summed E-state index contributed by atoms with van der Waals surface area (Å²) in [5, 5.41) is 4.38. The van der Waals surface area contributed by atoms with Crippen LogP contribution in [-0.2, 0) is 0 Å². The minimum Gasteiger partial charge on any atom is -0.368 e. The van der Waals surface area contributed by atoms with E-state index >= 15 is 0 Å². The molecule has 1 aromatic heterocycles. The SMILES string of the molecule is Nc1nc(-c2ccccc2)nn1/C(=N\C(Cl)=C(Cl)Cl)c1ccccc1. The van der Waals surface area contributed by atoms with Gasteiger partial charge in [0.2, 0.25) is 5.95 Å². The van der Waals surface area contributed by atoms with Crippen molar-refractivity contribution < 1.29 is 0 Å². The smallest absolute Gasteiger partial charge is 0.225 e. The molecule has 0 atom stereocenters. The summed E-state index contributed by atoms with van der Waals surface area (Å²) >= 11 is 17.4. The molecule has 25 heavy (non-hydrogen) atoms. The van der Waals surface area contributed by atoms with E-state index in [0.29, 0.717) is 11.7 Å². The summed E-state index contributed by atoms with van der Waals surface area (Å²) < 4.78 is 1.24. The van der Waals surface area contributed by atoms with Crippen LogP contribution in [0.4, 0.5) is 5.95 Å². The molecule has 5 nitrogen and oxygen atoms in total. The lowest BCUT2D eigenvalue weighted by molar-refractivity contribution is 0.945. The van der Waals surface area contributed by atoms with Crippen LogP contribution < -0.4 is 5.73 Å². The van der Waals surface area contributed by atoms with Gasteiger partial charge in [-0.15, -0.1) is 5.10 Å². The Hall–Kier alpha value is -2.34. The Kier molecular flexibility index (Phi) is 5.38. The highest BCUT2D eigenvalue weighted by molar-refractivity contribution is 6.59. The van der Waals surface area contributed by atoms with Crippen LogP contribution in [0.15, 0.2) is 75.3 Å². The highest BCUT2D eigenvalue weighted by Crippen LogP contribution is 2.22. The first-order valence-electron chi connectivity index (χ1n) is 7.19. The standard InChI is InChI=1S/C17H12Cl3N5/c18-13(19)14(20)22-16(12-9-5-2-6-10-12)25-17(21)23-15(24-25)11-7-3-1-4-8-11/h1-10H,(H2,21,23,24)/b22-16-. The van der Waals surface area contributed by atoms with Crippen LogP contribution in [0.5, 0.6) is 0 Å². The summed E-state index contributed by atoms with van der Waals surface area (Å²) in [5.41, 5.74) is 7.61. The van der Waals surface area contributed by atoms with Crippen molar-refractivity contribution in [2.24, 2.45) is 4.99 Å². The summed E-state index contributed by atoms with van der Waals surface area (Å²) in [6, 6.07) is 18.8. The van der Waals surface area contributed by atoms with Crippen molar-refractivity contribution in [1.82, 2.24) is 14.8 Å². The molecule has 2 aromatic carbocycles. The maximum absolute atomic E-state index is 6.05. The lowest BCUT2D eigenvalue weighted by Crippen LogP contribution is -2.18. The van der Waals surface area contributed by atoms with Gasteiger partial charge in [0.15, 0.2) is 16.8 Å². The second kappa shape index (κ2) is 7.70. The van der Waals surface area contributed by atoms with Crippen molar-refractivity contribution in [1.29, 1.82) is 0 Å².